The van der Waals surface area contributed by atoms with E-state index >= 15 is 0 Å². The lowest BCUT2D eigenvalue weighted by atomic mass is 10.1. The van der Waals surface area contributed by atoms with Crippen molar-refractivity contribution in [2.75, 3.05) is 13.4 Å². The number of hydrogen-bond donors (Lipinski definition) is 0. The van der Waals surface area contributed by atoms with Crippen LogP contribution in [0.2, 0.25) is 0 Å². The van der Waals surface area contributed by atoms with E-state index in [1.54, 1.807) is 31.3 Å². The number of aromatic nitrogens is 4. The number of nitrogens with zero attached hydrogens (tertiary/aromatic N) is 5. The van der Waals surface area contributed by atoms with Gasteiger partial charge in [-0.15, -0.1) is 22.0 Å². The van der Waals surface area contributed by atoms with E-state index in [-0.39, 0.29) is 0 Å². The van der Waals surface area contributed by atoms with Gasteiger partial charge >= 0.3 is 0 Å². The van der Waals surface area contributed by atoms with Crippen LogP contribution >= 0.6 is 23.5 Å². The smallest absolute Gasteiger partial charge is 0.299 e. The molecule has 0 bridgehead atoms. The molecule has 0 spiro atoms. The first-order valence-electron chi connectivity index (χ1n) is 8.15. The molecular weight excluding hydrogens is 404 g/mol. The van der Waals surface area contributed by atoms with Gasteiger partial charge in [0.25, 0.3) is 6.43 Å². The zero-order valence-electron chi connectivity index (χ0n) is 15.1. The number of halogens is 2. The highest BCUT2D eigenvalue weighted by Crippen LogP contribution is 2.28. The van der Waals surface area contributed by atoms with Crippen LogP contribution in [0, 0.1) is 0 Å². The molecule has 0 saturated heterocycles. The average molecular weight is 421 g/mol. The number of rotatable bonds is 8. The maximum Gasteiger partial charge on any atom is 0.299 e. The van der Waals surface area contributed by atoms with Gasteiger partial charge < -0.3 is 4.74 Å². The second-order valence-corrected chi connectivity index (χ2v) is 7.20. The topological polar surface area (TPSA) is 65.2 Å². The summed E-state index contributed by atoms with van der Waals surface area (Å²) in [4.78, 5) is 4.29. The summed E-state index contributed by atoms with van der Waals surface area (Å²) in [6, 6.07) is 11.3. The second-order valence-electron chi connectivity index (χ2n) is 5.43. The van der Waals surface area contributed by atoms with E-state index in [1.165, 1.54) is 18.0 Å². The molecule has 0 amide bonds. The van der Waals surface area contributed by atoms with E-state index in [2.05, 4.69) is 20.3 Å². The fourth-order valence-electron chi connectivity index (χ4n) is 2.35. The summed E-state index contributed by atoms with van der Waals surface area (Å²) in [5.74, 6) is 0.898. The van der Waals surface area contributed by atoms with Crippen LogP contribution in [0.4, 0.5) is 8.78 Å². The molecule has 0 atom stereocenters. The molecule has 1 aromatic carbocycles. The first-order valence-corrected chi connectivity index (χ1v) is 10.4. The normalized spacial score (nSPS) is 11.5. The van der Waals surface area contributed by atoms with Crippen molar-refractivity contribution in [2.45, 2.75) is 22.4 Å². The number of benzene rings is 1. The fourth-order valence-corrected chi connectivity index (χ4v) is 3.62. The minimum atomic E-state index is -2.76. The van der Waals surface area contributed by atoms with Crippen molar-refractivity contribution in [1.29, 1.82) is 0 Å². The standard InChI is InChI=1S/C18H17F2N5OS2/c1-26-14-7-6-12(9-13(14)11-28-15-5-3-4-8-21-15)10-22-25-17(16(19)20)23-24-18(25)27-2/h3-10,16H,11H2,1-2H3. The third kappa shape index (κ3) is 4.87. The summed E-state index contributed by atoms with van der Waals surface area (Å²) in [5.41, 5.74) is 1.70. The van der Waals surface area contributed by atoms with Crippen LogP contribution in [0.1, 0.15) is 23.4 Å². The third-order valence-electron chi connectivity index (χ3n) is 3.65. The first-order chi connectivity index (χ1) is 13.6. The van der Waals surface area contributed by atoms with E-state index in [0.29, 0.717) is 10.9 Å². The molecular formula is C18H17F2N5OS2. The first kappa shape index (κ1) is 20.3. The largest absolute Gasteiger partial charge is 0.496 e. The Morgan fingerprint density at radius 1 is 1.25 bits per heavy atom. The molecule has 10 heteroatoms. The van der Waals surface area contributed by atoms with Crippen molar-refractivity contribution in [3.8, 4) is 5.75 Å². The molecule has 0 radical (unpaired) electrons. The van der Waals surface area contributed by atoms with Crippen LogP contribution in [0.3, 0.4) is 0 Å². The van der Waals surface area contributed by atoms with Crippen LogP contribution in [0.25, 0.3) is 0 Å². The molecule has 0 aliphatic rings. The molecule has 6 nitrogen and oxygen atoms in total. The van der Waals surface area contributed by atoms with Gasteiger partial charge in [0, 0.05) is 17.5 Å². The average Bonchev–Trinajstić information content (AvgIpc) is 3.14. The van der Waals surface area contributed by atoms with Gasteiger partial charge in [0.15, 0.2) is 0 Å². The monoisotopic (exact) mass is 421 g/mol. The lowest BCUT2D eigenvalue weighted by molar-refractivity contribution is 0.135. The van der Waals surface area contributed by atoms with Gasteiger partial charge in [0.1, 0.15) is 5.75 Å². The Morgan fingerprint density at radius 3 is 2.79 bits per heavy atom. The number of pyridine rings is 1. The third-order valence-corrected chi connectivity index (χ3v) is 5.27. The van der Waals surface area contributed by atoms with Crippen molar-refractivity contribution >= 4 is 29.7 Å². The SMILES string of the molecule is COc1ccc(C=Nn2c(SC)nnc2C(F)F)cc1CSc1ccccn1. The Balaban J connectivity index is 1.83. The Bertz CT molecular complexity index is 950. The predicted octanol–water partition coefficient (Wildman–Crippen LogP) is 4.52. The Morgan fingerprint density at radius 2 is 2.11 bits per heavy atom. The molecule has 2 aromatic heterocycles. The summed E-state index contributed by atoms with van der Waals surface area (Å²) >= 11 is 2.77. The number of methoxy groups -OCH3 is 1. The van der Waals surface area contributed by atoms with Gasteiger partial charge in [0.2, 0.25) is 11.0 Å². The molecule has 0 saturated carbocycles. The summed E-state index contributed by atoms with van der Waals surface area (Å²) in [6.07, 6.45) is 2.22. The maximum atomic E-state index is 13.1. The van der Waals surface area contributed by atoms with Crippen molar-refractivity contribution in [2.24, 2.45) is 5.10 Å². The van der Waals surface area contributed by atoms with Crippen molar-refractivity contribution in [1.82, 2.24) is 19.9 Å². The molecule has 0 aliphatic heterocycles. The van der Waals surface area contributed by atoms with Crippen molar-refractivity contribution in [3.63, 3.8) is 0 Å². The summed E-state index contributed by atoms with van der Waals surface area (Å²) in [5, 5.41) is 12.6. The van der Waals surface area contributed by atoms with E-state index in [0.717, 1.165) is 26.6 Å². The van der Waals surface area contributed by atoms with Crippen LogP contribution < -0.4 is 4.74 Å². The van der Waals surface area contributed by atoms with Gasteiger partial charge in [-0.25, -0.2) is 13.8 Å². The van der Waals surface area contributed by atoms with E-state index in [4.69, 9.17) is 4.74 Å². The summed E-state index contributed by atoms with van der Waals surface area (Å²) in [6.45, 7) is 0. The van der Waals surface area contributed by atoms with Gasteiger partial charge in [-0.3, -0.25) is 0 Å². The van der Waals surface area contributed by atoms with Gasteiger partial charge in [0.05, 0.1) is 18.4 Å². The minimum Gasteiger partial charge on any atom is -0.496 e. The van der Waals surface area contributed by atoms with Crippen LogP contribution in [-0.4, -0.2) is 39.4 Å². The highest BCUT2D eigenvalue weighted by atomic mass is 32.2. The van der Waals surface area contributed by atoms with Crippen molar-refractivity contribution < 1.29 is 13.5 Å². The highest BCUT2D eigenvalue weighted by Gasteiger charge is 2.19. The minimum absolute atomic E-state index is 0.297. The summed E-state index contributed by atoms with van der Waals surface area (Å²) in [7, 11) is 1.61. The van der Waals surface area contributed by atoms with Crippen LogP contribution in [0.5, 0.6) is 5.75 Å². The van der Waals surface area contributed by atoms with Gasteiger partial charge in [-0.1, -0.05) is 17.8 Å². The van der Waals surface area contributed by atoms with Gasteiger partial charge in [-0.2, -0.15) is 9.78 Å². The predicted molar refractivity (Wildman–Crippen MR) is 107 cm³/mol. The molecule has 3 rings (SSSR count). The quantitative estimate of drug-likeness (QED) is 0.394. The lowest BCUT2D eigenvalue weighted by Crippen LogP contribution is -2.01. The molecule has 146 valence electrons. The maximum absolute atomic E-state index is 13.1. The van der Waals surface area contributed by atoms with E-state index < -0.39 is 12.2 Å². The zero-order valence-corrected chi connectivity index (χ0v) is 16.8. The number of hydrogen-bond acceptors (Lipinski definition) is 7. The molecule has 3 aromatic rings. The Kier molecular flexibility index (Phi) is 6.99. The second kappa shape index (κ2) is 9.65. The highest BCUT2D eigenvalue weighted by molar-refractivity contribution is 7.98. The molecule has 0 fully saturated rings. The van der Waals surface area contributed by atoms with Crippen molar-refractivity contribution in [3.05, 3.63) is 59.5 Å². The number of alkyl halides is 2. The molecule has 0 unspecified atom stereocenters. The van der Waals surface area contributed by atoms with Gasteiger partial charge in [-0.05, 0) is 42.2 Å². The molecule has 0 aliphatic carbocycles. The fraction of sp³-hybridized carbons (Fsp3) is 0.222. The van der Waals surface area contributed by atoms with E-state index in [1.807, 2.05) is 36.4 Å². The summed E-state index contributed by atoms with van der Waals surface area (Å²) < 4.78 is 32.7. The molecule has 2 heterocycles. The Hall–Kier alpha value is -2.46. The van der Waals surface area contributed by atoms with Crippen LogP contribution in [-0.2, 0) is 5.75 Å². The van der Waals surface area contributed by atoms with Crippen LogP contribution in [0.15, 0.2) is 57.9 Å². The zero-order chi connectivity index (χ0) is 19.9. The molecule has 28 heavy (non-hydrogen) atoms. The Labute approximate surface area is 169 Å². The molecule has 0 N–H and O–H groups in total. The number of ether oxygens (including phenoxy) is 1. The van der Waals surface area contributed by atoms with E-state index in [9.17, 15) is 8.78 Å². The number of thioether (sulfide) groups is 2. The lowest BCUT2D eigenvalue weighted by Gasteiger charge is -2.09.